The van der Waals surface area contributed by atoms with Crippen LogP contribution in [0.3, 0.4) is 0 Å². The van der Waals surface area contributed by atoms with Crippen LogP contribution < -0.4 is 0 Å². The Kier molecular flexibility index (Phi) is 3.01. The molecule has 0 heterocycles. The summed E-state index contributed by atoms with van der Waals surface area (Å²) in [7, 11) is 0. The van der Waals surface area contributed by atoms with Gasteiger partial charge in [0.15, 0.2) is 0 Å². The first-order chi connectivity index (χ1) is 6.40. The van der Waals surface area contributed by atoms with Gasteiger partial charge < -0.3 is 9.84 Å². The lowest BCUT2D eigenvalue weighted by Gasteiger charge is -2.19. The monoisotopic (exact) mass is 182 g/mol. The fraction of sp³-hybridized carbons (Fsp3) is 0.818. The van der Waals surface area contributed by atoms with Gasteiger partial charge in [-0.15, -0.1) is 0 Å². The minimum absolute atomic E-state index is 0.157. The zero-order valence-corrected chi connectivity index (χ0v) is 7.98. The summed E-state index contributed by atoms with van der Waals surface area (Å²) in [4.78, 5) is 0. The van der Waals surface area contributed by atoms with Gasteiger partial charge in [-0.3, -0.25) is 0 Å². The predicted molar refractivity (Wildman–Crippen MR) is 51.4 cm³/mol. The van der Waals surface area contributed by atoms with Crippen molar-refractivity contribution >= 4 is 0 Å². The second kappa shape index (κ2) is 4.25. The van der Waals surface area contributed by atoms with Gasteiger partial charge in [-0.25, -0.2) is 0 Å². The molecule has 0 aromatic carbocycles. The quantitative estimate of drug-likeness (QED) is 0.674. The summed E-state index contributed by atoms with van der Waals surface area (Å²) in [6.45, 7) is 0.668. The van der Waals surface area contributed by atoms with Crippen molar-refractivity contribution in [3.63, 3.8) is 0 Å². The lowest BCUT2D eigenvalue weighted by atomic mass is 9.86. The molecule has 74 valence electrons. The van der Waals surface area contributed by atoms with Crippen molar-refractivity contribution in [1.29, 1.82) is 0 Å². The molecule has 13 heavy (non-hydrogen) atoms. The van der Waals surface area contributed by atoms with Crippen LogP contribution in [-0.2, 0) is 4.74 Å². The van der Waals surface area contributed by atoms with E-state index < -0.39 is 0 Å². The standard InChI is InChI=1S/C11H18O2/c12-5-6-13-11-7-9-3-1-2-4-10(9)8-11/h1-2,9-12H,3-8H2/t9-,10+,11-. The topological polar surface area (TPSA) is 29.5 Å². The number of allylic oxidation sites excluding steroid dienone is 2. The molecule has 0 aromatic heterocycles. The fourth-order valence-electron chi connectivity index (χ4n) is 2.63. The molecule has 0 radical (unpaired) electrons. The largest absolute Gasteiger partial charge is 0.394 e. The first kappa shape index (κ1) is 9.22. The minimum Gasteiger partial charge on any atom is -0.394 e. The van der Waals surface area contributed by atoms with E-state index in [0.717, 1.165) is 11.8 Å². The zero-order chi connectivity index (χ0) is 9.10. The molecule has 2 rings (SSSR count). The Bertz CT molecular complexity index is 173. The van der Waals surface area contributed by atoms with Crippen molar-refractivity contribution in [3.8, 4) is 0 Å². The van der Waals surface area contributed by atoms with E-state index in [1.165, 1.54) is 25.7 Å². The highest BCUT2D eigenvalue weighted by Gasteiger charge is 2.34. The van der Waals surface area contributed by atoms with Crippen molar-refractivity contribution in [2.45, 2.75) is 31.8 Å². The third-order valence-electron chi connectivity index (χ3n) is 3.29. The molecule has 2 heteroatoms. The van der Waals surface area contributed by atoms with E-state index in [1.54, 1.807) is 0 Å². The normalized spacial score (nSPS) is 37.8. The summed E-state index contributed by atoms with van der Waals surface area (Å²) >= 11 is 0. The number of ether oxygens (including phenoxy) is 1. The molecule has 0 amide bonds. The van der Waals surface area contributed by atoms with Crippen molar-refractivity contribution in [1.82, 2.24) is 0 Å². The highest BCUT2D eigenvalue weighted by atomic mass is 16.5. The van der Waals surface area contributed by atoms with Crippen molar-refractivity contribution in [2.24, 2.45) is 11.8 Å². The molecule has 0 aliphatic heterocycles. The van der Waals surface area contributed by atoms with E-state index in [4.69, 9.17) is 9.84 Å². The third-order valence-corrected chi connectivity index (χ3v) is 3.29. The van der Waals surface area contributed by atoms with E-state index in [2.05, 4.69) is 12.2 Å². The Morgan fingerprint density at radius 3 is 2.31 bits per heavy atom. The van der Waals surface area contributed by atoms with Gasteiger partial charge in [-0.05, 0) is 37.5 Å². The molecule has 0 unspecified atom stereocenters. The molecule has 2 nitrogen and oxygen atoms in total. The maximum atomic E-state index is 8.65. The maximum absolute atomic E-state index is 8.65. The second-order valence-corrected chi connectivity index (χ2v) is 4.15. The van der Waals surface area contributed by atoms with Gasteiger partial charge in [-0.2, -0.15) is 0 Å². The van der Waals surface area contributed by atoms with E-state index in [-0.39, 0.29) is 6.61 Å². The predicted octanol–water partition coefficient (Wildman–Crippen LogP) is 1.74. The molecule has 2 aliphatic rings. The molecule has 0 spiro atoms. The molecule has 1 saturated carbocycles. The highest BCUT2D eigenvalue weighted by molar-refractivity contribution is 4.99. The van der Waals surface area contributed by atoms with Gasteiger partial charge in [0.2, 0.25) is 0 Å². The summed E-state index contributed by atoms with van der Waals surface area (Å²) < 4.78 is 5.57. The number of hydrogen-bond donors (Lipinski definition) is 1. The number of hydrogen-bond acceptors (Lipinski definition) is 2. The van der Waals surface area contributed by atoms with Crippen LogP contribution >= 0.6 is 0 Å². The molecular formula is C11H18O2. The molecular weight excluding hydrogens is 164 g/mol. The third kappa shape index (κ3) is 2.12. The highest BCUT2D eigenvalue weighted by Crippen LogP contribution is 2.40. The summed E-state index contributed by atoms with van der Waals surface area (Å²) in [5, 5.41) is 8.65. The van der Waals surface area contributed by atoms with Crippen molar-refractivity contribution < 1.29 is 9.84 Å². The van der Waals surface area contributed by atoms with Gasteiger partial charge in [0.05, 0.1) is 19.3 Å². The van der Waals surface area contributed by atoms with Crippen LogP contribution in [0.1, 0.15) is 25.7 Å². The zero-order valence-electron chi connectivity index (χ0n) is 7.98. The Hall–Kier alpha value is -0.340. The van der Waals surface area contributed by atoms with Crippen molar-refractivity contribution in [3.05, 3.63) is 12.2 Å². The second-order valence-electron chi connectivity index (χ2n) is 4.15. The van der Waals surface area contributed by atoms with Gasteiger partial charge in [0.25, 0.3) is 0 Å². The SMILES string of the molecule is OCCO[C@@H]1C[C@H]2CC=CC[C@H]2C1. The molecule has 1 N–H and O–H groups in total. The number of fused-ring (bicyclic) bond motifs is 1. The van der Waals surface area contributed by atoms with Crippen LogP contribution in [0.5, 0.6) is 0 Å². The maximum Gasteiger partial charge on any atom is 0.0701 e. The van der Waals surface area contributed by atoms with Crippen molar-refractivity contribution in [2.75, 3.05) is 13.2 Å². The Morgan fingerprint density at radius 2 is 1.77 bits per heavy atom. The van der Waals surface area contributed by atoms with Crippen LogP contribution in [0.4, 0.5) is 0 Å². The molecule has 0 aromatic rings. The van der Waals surface area contributed by atoms with Crippen LogP contribution in [0, 0.1) is 11.8 Å². The average Bonchev–Trinajstić information content (AvgIpc) is 2.57. The van der Waals surface area contributed by atoms with E-state index >= 15 is 0 Å². The van der Waals surface area contributed by atoms with Crippen LogP contribution in [-0.4, -0.2) is 24.4 Å². The number of rotatable bonds is 3. The Labute approximate surface area is 79.6 Å². The van der Waals surface area contributed by atoms with Gasteiger partial charge in [-0.1, -0.05) is 12.2 Å². The van der Waals surface area contributed by atoms with Gasteiger partial charge in [0.1, 0.15) is 0 Å². The average molecular weight is 182 g/mol. The lowest BCUT2D eigenvalue weighted by molar-refractivity contribution is 0.0297. The summed E-state index contributed by atoms with van der Waals surface area (Å²) in [6, 6.07) is 0. The van der Waals surface area contributed by atoms with E-state index in [1.807, 2.05) is 0 Å². The molecule has 2 aliphatic carbocycles. The van der Waals surface area contributed by atoms with Crippen LogP contribution in [0.2, 0.25) is 0 Å². The van der Waals surface area contributed by atoms with E-state index in [9.17, 15) is 0 Å². The number of aliphatic hydroxyl groups excluding tert-OH is 1. The molecule has 1 fully saturated rings. The molecule has 0 saturated heterocycles. The molecule has 0 bridgehead atoms. The molecule has 3 atom stereocenters. The van der Waals surface area contributed by atoms with Gasteiger partial charge >= 0.3 is 0 Å². The minimum atomic E-state index is 0.157. The van der Waals surface area contributed by atoms with E-state index in [0.29, 0.717) is 12.7 Å². The first-order valence-corrected chi connectivity index (χ1v) is 5.27. The Balaban J connectivity index is 1.80. The number of aliphatic hydroxyl groups is 1. The first-order valence-electron chi connectivity index (χ1n) is 5.27. The van der Waals surface area contributed by atoms with Crippen LogP contribution in [0.15, 0.2) is 12.2 Å². The lowest BCUT2D eigenvalue weighted by Crippen LogP contribution is -2.11. The van der Waals surface area contributed by atoms with Crippen LogP contribution in [0.25, 0.3) is 0 Å². The summed E-state index contributed by atoms with van der Waals surface area (Å²) in [5.41, 5.74) is 0. The summed E-state index contributed by atoms with van der Waals surface area (Å²) in [5.74, 6) is 1.71. The smallest absolute Gasteiger partial charge is 0.0701 e. The fourth-order valence-corrected chi connectivity index (χ4v) is 2.63. The summed E-state index contributed by atoms with van der Waals surface area (Å²) in [6.07, 6.45) is 9.91. The van der Waals surface area contributed by atoms with Gasteiger partial charge in [0, 0.05) is 0 Å². The Morgan fingerprint density at radius 1 is 1.15 bits per heavy atom.